The zero-order valence-corrected chi connectivity index (χ0v) is 20.9. The van der Waals surface area contributed by atoms with Crippen LogP contribution in [0.2, 0.25) is 0 Å². The Kier molecular flexibility index (Phi) is 6.18. The molecule has 5 aromatic rings. The second-order valence-electron chi connectivity index (χ2n) is 8.99. The Hall–Kier alpha value is -4.98. The number of benzene rings is 1. The quantitative estimate of drug-likeness (QED) is 0.273. The van der Waals surface area contributed by atoms with Crippen molar-refractivity contribution in [3.63, 3.8) is 0 Å². The molecule has 4 aromatic heterocycles. The summed E-state index contributed by atoms with van der Waals surface area (Å²) in [6.07, 6.45) is -1.94. The lowest BCUT2D eigenvalue weighted by Crippen LogP contribution is -2.19. The van der Waals surface area contributed by atoms with Crippen LogP contribution in [-0.4, -0.2) is 30.8 Å². The normalized spacial score (nSPS) is 12.4. The molecule has 0 bridgehead atoms. The Balaban J connectivity index is 1.93. The van der Waals surface area contributed by atoms with Crippen LogP contribution in [0.25, 0.3) is 33.3 Å². The smallest absolute Gasteiger partial charge is 0.432 e. The Bertz CT molecular complexity index is 1760. The minimum absolute atomic E-state index is 0.000177. The third-order valence-corrected chi connectivity index (χ3v) is 6.59. The molecule has 0 saturated carbocycles. The Morgan fingerprint density at radius 1 is 1.13 bits per heavy atom. The van der Waals surface area contributed by atoms with Crippen LogP contribution in [0.4, 0.5) is 13.2 Å². The molecule has 1 atom stereocenters. The molecule has 1 N–H and O–H groups in total. The number of nitrogens with zero attached hydrogens (tertiary/aromatic N) is 5. The summed E-state index contributed by atoms with van der Waals surface area (Å²) in [6, 6.07) is 11.0. The fourth-order valence-electron chi connectivity index (χ4n) is 4.89. The van der Waals surface area contributed by atoms with Crippen molar-refractivity contribution in [2.24, 2.45) is 0 Å². The van der Waals surface area contributed by atoms with Gasteiger partial charge < -0.3 is 14.2 Å². The lowest BCUT2D eigenvalue weighted by atomic mass is 9.96. The third kappa shape index (κ3) is 4.29. The highest BCUT2D eigenvalue weighted by Gasteiger charge is 2.42. The predicted octanol–water partition coefficient (Wildman–Crippen LogP) is 6.57. The maximum absolute atomic E-state index is 15.0. The summed E-state index contributed by atoms with van der Waals surface area (Å²) in [5, 5.41) is 23.1. The summed E-state index contributed by atoms with van der Waals surface area (Å²) in [5.74, 6) is -0.820. The molecule has 0 aliphatic carbocycles. The van der Waals surface area contributed by atoms with E-state index >= 15 is 0 Å². The summed E-state index contributed by atoms with van der Waals surface area (Å²) in [5.41, 5.74) is 0.341. The monoisotopic (exact) mass is 531 g/mol. The molecular weight excluding hydrogens is 511 g/mol. The largest absolute Gasteiger partial charge is 0.478 e. The number of hydrogen-bond acceptors (Lipinski definition) is 6. The average Bonchev–Trinajstić information content (AvgIpc) is 3.44. The standard InChI is InChI=1S/C28H20F3N5O3/c1-14-23(16(3)39-35-14)19-11-22-25(34-13-19)24(20-8-7-17(27(37)38)10-18(20)12-32)26(28(29,30)31)36(22)15(2)21-6-4-5-9-33-21/h4-11,13,15H,1-3H3,(H,37,38). The van der Waals surface area contributed by atoms with Gasteiger partial charge in [0.1, 0.15) is 11.5 Å². The van der Waals surface area contributed by atoms with Gasteiger partial charge in [-0.25, -0.2) is 4.79 Å². The van der Waals surface area contributed by atoms with Crippen molar-refractivity contribution in [3.8, 4) is 28.3 Å². The fourth-order valence-corrected chi connectivity index (χ4v) is 4.89. The van der Waals surface area contributed by atoms with Crippen molar-refractivity contribution in [1.29, 1.82) is 5.26 Å². The van der Waals surface area contributed by atoms with Gasteiger partial charge in [0.05, 0.1) is 45.7 Å². The zero-order chi connectivity index (χ0) is 28.1. The molecule has 0 aliphatic heterocycles. The molecule has 0 aliphatic rings. The van der Waals surface area contributed by atoms with Gasteiger partial charge in [-0.2, -0.15) is 18.4 Å². The van der Waals surface area contributed by atoms with E-state index in [1.807, 2.05) is 6.07 Å². The Labute approximate surface area is 220 Å². The molecule has 0 radical (unpaired) electrons. The Morgan fingerprint density at radius 3 is 2.49 bits per heavy atom. The number of rotatable bonds is 5. The van der Waals surface area contributed by atoms with Gasteiger partial charge in [-0.05, 0) is 51.1 Å². The lowest BCUT2D eigenvalue weighted by Gasteiger charge is -2.21. The van der Waals surface area contributed by atoms with Crippen LogP contribution in [0.5, 0.6) is 0 Å². The highest BCUT2D eigenvalue weighted by Crippen LogP contribution is 2.47. The van der Waals surface area contributed by atoms with Gasteiger partial charge in [0.25, 0.3) is 0 Å². The van der Waals surface area contributed by atoms with Crippen molar-refractivity contribution < 1.29 is 27.6 Å². The molecule has 0 spiro atoms. The van der Waals surface area contributed by atoms with Crippen LogP contribution >= 0.6 is 0 Å². The highest BCUT2D eigenvalue weighted by molar-refractivity contribution is 6.00. The van der Waals surface area contributed by atoms with Gasteiger partial charge in [0.2, 0.25) is 0 Å². The number of carboxylic acid groups (broad SMARTS) is 1. The first kappa shape index (κ1) is 25.7. The lowest BCUT2D eigenvalue weighted by molar-refractivity contribution is -0.143. The Morgan fingerprint density at radius 2 is 1.90 bits per heavy atom. The first-order chi connectivity index (χ1) is 18.5. The maximum atomic E-state index is 15.0. The summed E-state index contributed by atoms with van der Waals surface area (Å²) >= 11 is 0. The first-order valence-corrected chi connectivity index (χ1v) is 11.8. The van der Waals surface area contributed by atoms with E-state index in [4.69, 9.17) is 4.52 Å². The summed E-state index contributed by atoms with van der Waals surface area (Å²) in [4.78, 5) is 20.2. The molecule has 4 heterocycles. The third-order valence-electron chi connectivity index (χ3n) is 6.59. The van der Waals surface area contributed by atoms with Crippen LogP contribution in [0.3, 0.4) is 0 Å². The number of aryl methyl sites for hydroxylation is 2. The summed E-state index contributed by atoms with van der Waals surface area (Å²) in [6.45, 7) is 5.02. The second kappa shape index (κ2) is 9.40. The topological polar surface area (TPSA) is 118 Å². The number of aromatic carboxylic acids is 1. The van der Waals surface area contributed by atoms with E-state index in [-0.39, 0.29) is 33.3 Å². The number of carbonyl (C=O) groups is 1. The summed E-state index contributed by atoms with van der Waals surface area (Å²) in [7, 11) is 0. The molecule has 11 heteroatoms. The molecule has 0 amide bonds. The SMILES string of the molecule is Cc1noc(C)c1-c1cnc2c(-c3ccc(C(=O)O)cc3C#N)c(C(F)(F)F)n(C(C)c3ccccn3)c2c1. The molecule has 1 unspecified atom stereocenters. The number of alkyl halides is 3. The number of fused-ring (bicyclic) bond motifs is 1. The van der Waals surface area contributed by atoms with Crippen LogP contribution in [0, 0.1) is 25.2 Å². The minimum atomic E-state index is -4.87. The molecule has 8 nitrogen and oxygen atoms in total. The van der Waals surface area contributed by atoms with Crippen molar-refractivity contribution in [1.82, 2.24) is 19.7 Å². The molecule has 39 heavy (non-hydrogen) atoms. The van der Waals surface area contributed by atoms with Crippen molar-refractivity contribution in [3.05, 3.63) is 88.8 Å². The zero-order valence-electron chi connectivity index (χ0n) is 20.9. The molecular formula is C28H20F3N5O3. The van der Waals surface area contributed by atoms with Gasteiger partial charge in [-0.15, -0.1) is 0 Å². The van der Waals surface area contributed by atoms with Crippen LogP contribution in [0.1, 0.15) is 51.7 Å². The van der Waals surface area contributed by atoms with Gasteiger partial charge in [-0.3, -0.25) is 9.97 Å². The number of nitriles is 1. The van der Waals surface area contributed by atoms with E-state index in [9.17, 15) is 28.3 Å². The van der Waals surface area contributed by atoms with Gasteiger partial charge in [-0.1, -0.05) is 17.3 Å². The van der Waals surface area contributed by atoms with E-state index in [1.54, 1.807) is 45.0 Å². The first-order valence-electron chi connectivity index (χ1n) is 11.8. The number of carboxylic acids is 1. The molecule has 0 saturated heterocycles. The number of halogens is 3. The molecule has 0 fully saturated rings. The maximum Gasteiger partial charge on any atom is 0.432 e. The average molecular weight is 531 g/mol. The molecule has 5 rings (SSSR count). The highest BCUT2D eigenvalue weighted by atomic mass is 19.4. The van der Waals surface area contributed by atoms with Crippen molar-refractivity contribution >= 4 is 17.0 Å². The molecule has 196 valence electrons. The van der Waals surface area contributed by atoms with E-state index in [2.05, 4.69) is 15.1 Å². The van der Waals surface area contributed by atoms with E-state index < -0.39 is 23.9 Å². The molecule has 1 aromatic carbocycles. The minimum Gasteiger partial charge on any atom is -0.478 e. The van der Waals surface area contributed by atoms with Crippen molar-refractivity contribution in [2.75, 3.05) is 0 Å². The van der Waals surface area contributed by atoms with Crippen LogP contribution in [0.15, 0.2) is 59.4 Å². The summed E-state index contributed by atoms with van der Waals surface area (Å²) < 4.78 is 51.3. The van der Waals surface area contributed by atoms with Gasteiger partial charge >= 0.3 is 12.1 Å². The predicted molar refractivity (Wildman–Crippen MR) is 135 cm³/mol. The second-order valence-corrected chi connectivity index (χ2v) is 8.99. The van der Waals surface area contributed by atoms with Gasteiger partial charge in [0.15, 0.2) is 0 Å². The van der Waals surface area contributed by atoms with Crippen LogP contribution in [-0.2, 0) is 6.18 Å². The number of aromatic nitrogens is 4. The number of pyridine rings is 2. The van der Waals surface area contributed by atoms with Crippen molar-refractivity contribution in [2.45, 2.75) is 33.0 Å². The van der Waals surface area contributed by atoms with E-state index in [0.29, 0.717) is 28.3 Å². The van der Waals surface area contributed by atoms with Crippen LogP contribution < -0.4 is 0 Å². The van der Waals surface area contributed by atoms with Gasteiger partial charge in [0, 0.05) is 34.6 Å². The number of hydrogen-bond donors (Lipinski definition) is 1. The van der Waals surface area contributed by atoms with E-state index in [1.165, 1.54) is 24.5 Å². The van der Waals surface area contributed by atoms with E-state index in [0.717, 1.165) is 10.6 Å². The fraction of sp³-hybridized carbons (Fsp3) is 0.179.